The monoisotopic (exact) mass is 588 g/mol. The second-order valence-electron chi connectivity index (χ2n) is 7.95. The largest absolute Gasteiger partial charge is 0.507 e. The van der Waals surface area contributed by atoms with Crippen molar-refractivity contribution in [2.45, 2.75) is 24.7 Å². The van der Waals surface area contributed by atoms with Crippen LogP contribution in [-0.4, -0.2) is 22.6 Å². The van der Waals surface area contributed by atoms with Crippen LogP contribution in [0.5, 0.6) is 11.5 Å². The Balaban J connectivity index is 1.92. The first kappa shape index (κ1) is 30.3. The van der Waals surface area contributed by atoms with E-state index in [4.69, 9.17) is 0 Å². The standard InChI is InChI=1S/C24H12F12N2O2/c25-21(26,27)13-5-11(19(39)17(7-13)23(31,32)33)9-37-15-1-2-16(4-3-15)38-10-12-6-14(22(28,29)30)8-18(20(12)40)24(34,35)36/h1-10,39-40H. The molecule has 40 heavy (non-hydrogen) atoms. The topological polar surface area (TPSA) is 65.2 Å². The first-order valence-corrected chi connectivity index (χ1v) is 10.4. The van der Waals surface area contributed by atoms with Gasteiger partial charge in [0.15, 0.2) is 0 Å². The number of benzene rings is 3. The molecule has 16 heteroatoms. The Bertz CT molecular complexity index is 1340. The quantitative estimate of drug-likeness (QED) is 0.237. The molecular formula is C24H12F12N2O2. The average molecular weight is 588 g/mol. The molecule has 0 amide bonds. The van der Waals surface area contributed by atoms with Gasteiger partial charge in [-0.05, 0) is 48.5 Å². The van der Waals surface area contributed by atoms with Crippen molar-refractivity contribution < 1.29 is 62.9 Å². The summed E-state index contributed by atoms with van der Waals surface area (Å²) in [6, 6.07) is 4.36. The van der Waals surface area contributed by atoms with Crippen molar-refractivity contribution in [1.82, 2.24) is 0 Å². The third kappa shape index (κ3) is 7.04. The van der Waals surface area contributed by atoms with Crippen molar-refractivity contribution in [3.8, 4) is 11.5 Å². The Kier molecular flexibility index (Phi) is 7.87. The molecule has 0 unspecified atom stereocenters. The van der Waals surface area contributed by atoms with Gasteiger partial charge >= 0.3 is 24.7 Å². The number of halogens is 12. The smallest absolute Gasteiger partial charge is 0.419 e. The zero-order valence-corrected chi connectivity index (χ0v) is 19.1. The van der Waals surface area contributed by atoms with Gasteiger partial charge in [0.25, 0.3) is 0 Å². The Morgan fingerprint density at radius 3 is 1.02 bits per heavy atom. The summed E-state index contributed by atoms with van der Waals surface area (Å²) in [6.07, 6.45) is -19.9. The highest BCUT2D eigenvalue weighted by Gasteiger charge is 2.41. The molecule has 0 atom stereocenters. The number of phenolic OH excluding ortho intramolecular Hbond substituents is 2. The molecule has 214 valence electrons. The van der Waals surface area contributed by atoms with Crippen LogP contribution in [0.3, 0.4) is 0 Å². The Morgan fingerprint density at radius 2 is 0.775 bits per heavy atom. The van der Waals surface area contributed by atoms with Crippen LogP contribution in [0.1, 0.15) is 33.4 Å². The van der Waals surface area contributed by atoms with E-state index in [2.05, 4.69) is 9.98 Å². The van der Waals surface area contributed by atoms with Crippen molar-refractivity contribution in [3.05, 3.63) is 81.9 Å². The van der Waals surface area contributed by atoms with Crippen molar-refractivity contribution in [2.75, 3.05) is 0 Å². The van der Waals surface area contributed by atoms with Crippen LogP contribution in [-0.2, 0) is 24.7 Å². The molecule has 0 saturated heterocycles. The second kappa shape index (κ2) is 10.4. The maximum Gasteiger partial charge on any atom is 0.419 e. The molecule has 0 spiro atoms. The minimum absolute atomic E-state index is 0.0920. The number of hydrogen-bond acceptors (Lipinski definition) is 4. The Morgan fingerprint density at radius 1 is 0.475 bits per heavy atom. The summed E-state index contributed by atoms with van der Waals surface area (Å²) in [5, 5.41) is 19.6. The minimum atomic E-state index is -5.32. The summed E-state index contributed by atoms with van der Waals surface area (Å²) >= 11 is 0. The molecule has 3 aromatic rings. The van der Waals surface area contributed by atoms with Gasteiger partial charge in [0.1, 0.15) is 11.5 Å². The first-order valence-electron chi connectivity index (χ1n) is 10.4. The maximum atomic E-state index is 13.1. The summed E-state index contributed by atoms with van der Waals surface area (Å²) < 4.78 is 157. The van der Waals surface area contributed by atoms with Crippen LogP contribution in [0.4, 0.5) is 64.1 Å². The van der Waals surface area contributed by atoms with Crippen LogP contribution in [0.2, 0.25) is 0 Å². The fourth-order valence-electron chi connectivity index (χ4n) is 3.18. The summed E-state index contributed by atoms with van der Waals surface area (Å²) in [7, 11) is 0. The summed E-state index contributed by atoms with van der Waals surface area (Å²) in [5.41, 5.74) is -9.30. The normalized spacial score (nSPS) is 13.5. The lowest BCUT2D eigenvalue weighted by Gasteiger charge is -2.15. The van der Waals surface area contributed by atoms with E-state index in [1.165, 1.54) is 0 Å². The third-order valence-electron chi connectivity index (χ3n) is 5.10. The van der Waals surface area contributed by atoms with E-state index in [1.807, 2.05) is 0 Å². The lowest BCUT2D eigenvalue weighted by Crippen LogP contribution is -2.12. The molecule has 2 N–H and O–H groups in total. The lowest BCUT2D eigenvalue weighted by molar-refractivity contribution is -0.145. The molecule has 4 nitrogen and oxygen atoms in total. The number of rotatable bonds is 4. The van der Waals surface area contributed by atoms with Gasteiger partial charge in [-0.2, -0.15) is 52.7 Å². The van der Waals surface area contributed by atoms with E-state index < -0.39 is 69.6 Å². The summed E-state index contributed by atoms with van der Waals surface area (Å²) in [5.74, 6) is -3.02. The van der Waals surface area contributed by atoms with Gasteiger partial charge in [-0.25, -0.2) is 0 Å². The molecule has 3 aromatic carbocycles. The summed E-state index contributed by atoms with van der Waals surface area (Å²) in [6.45, 7) is 0. The van der Waals surface area contributed by atoms with Crippen LogP contribution in [0.15, 0.2) is 58.5 Å². The maximum absolute atomic E-state index is 13.1. The van der Waals surface area contributed by atoms with Crippen LogP contribution < -0.4 is 0 Å². The number of hydrogen-bond donors (Lipinski definition) is 2. The van der Waals surface area contributed by atoms with E-state index in [-0.39, 0.29) is 35.6 Å². The number of nitrogens with zero attached hydrogens (tertiary/aromatic N) is 2. The van der Waals surface area contributed by atoms with Gasteiger partial charge in [0, 0.05) is 23.6 Å². The van der Waals surface area contributed by atoms with Crippen molar-refractivity contribution in [3.63, 3.8) is 0 Å². The molecule has 0 aliphatic carbocycles. The van der Waals surface area contributed by atoms with Gasteiger partial charge < -0.3 is 10.2 Å². The highest BCUT2D eigenvalue weighted by Crippen LogP contribution is 2.43. The van der Waals surface area contributed by atoms with Crippen molar-refractivity contribution in [2.24, 2.45) is 9.98 Å². The van der Waals surface area contributed by atoms with Crippen molar-refractivity contribution >= 4 is 23.8 Å². The first-order chi connectivity index (χ1) is 18.2. The zero-order chi connectivity index (χ0) is 30.3. The van der Waals surface area contributed by atoms with E-state index >= 15 is 0 Å². The predicted molar refractivity (Wildman–Crippen MR) is 117 cm³/mol. The van der Waals surface area contributed by atoms with Gasteiger partial charge in [0.2, 0.25) is 0 Å². The van der Waals surface area contributed by atoms with Gasteiger partial charge in [-0.3, -0.25) is 9.98 Å². The molecule has 3 rings (SSSR count). The Labute approximate surface area is 215 Å². The van der Waals surface area contributed by atoms with Gasteiger partial charge in [-0.1, -0.05) is 0 Å². The fourth-order valence-corrected chi connectivity index (χ4v) is 3.18. The molecule has 0 heterocycles. The van der Waals surface area contributed by atoms with E-state index in [0.717, 1.165) is 24.3 Å². The highest BCUT2D eigenvalue weighted by atomic mass is 19.4. The second-order valence-corrected chi connectivity index (χ2v) is 7.95. The number of phenols is 2. The Hall–Kier alpha value is -4.24. The molecule has 0 saturated carbocycles. The lowest BCUT2D eigenvalue weighted by atomic mass is 10.0. The summed E-state index contributed by atoms with van der Waals surface area (Å²) in [4.78, 5) is 7.35. The van der Waals surface area contributed by atoms with Crippen LogP contribution >= 0.6 is 0 Å². The van der Waals surface area contributed by atoms with Crippen molar-refractivity contribution in [1.29, 1.82) is 0 Å². The van der Waals surface area contributed by atoms with Crippen LogP contribution in [0, 0.1) is 0 Å². The average Bonchev–Trinajstić information content (AvgIpc) is 2.80. The predicted octanol–water partition coefficient (Wildman–Crippen LogP) is 8.67. The molecule has 0 fully saturated rings. The third-order valence-corrected chi connectivity index (χ3v) is 5.10. The number of alkyl halides is 12. The van der Waals surface area contributed by atoms with E-state index in [1.54, 1.807) is 0 Å². The molecule has 0 aliphatic rings. The number of aliphatic imine (C=N–C) groups is 2. The highest BCUT2D eigenvalue weighted by molar-refractivity contribution is 5.88. The number of aromatic hydroxyl groups is 2. The zero-order valence-electron chi connectivity index (χ0n) is 19.1. The SMILES string of the molecule is Oc1c(C=Nc2ccc(N=Cc3cc(C(F)(F)F)cc(C(F)(F)F)c3O)cc2)cc(C(F)(F)F)cc1C(F)(F)F. The molecule has 0 aliphatic heterocycles. The molecule has 0 bridgehead atoms. The van der Waals surface area contributed by atoms with Crippen LogP contribution in [0.25, 0.3) is 0 Å². The fraction of sp³-hybridized carbons (Fsp3) is 0.167. The molecule has 0 aromatic heterocycles. The minimum Gasteiger partial charge on any atom is -0.507 e. The van der Waals surface area contributed by atoms with E-state index in [9.17, 15) is 62.9 Å². The molecular weight excluding hydrogens is 576 g/mol. The van der Waals surface area contributed by atoms with Gasteiger partial charge in [-0.15, -0.1) is 0 Å². The molecule has 0 radical (unpaired) electrons. The van der Waals surface area contributed by atoms with E-state index in [0.29, 0.717) is 12.4 Å². The van der Waals surface area contributed by atoms with Gasteiger partial charge in [0.05, 0.1) is 33.6 Å².